The van der Waals surface area contributed by atoms with Gasteiger partial charge >= 0.3 is 5.97 Å². The maximum atomic E-state index is 11.8. The van der Waals surface area contributed by atoms with E-state index < -0.39 is 12.1 Å². The number of carboxylic acids is 1. The summed E-state index contributed by atoms with van der Waals surface area (Å²) in [7, 11) is 1.36. The van der Waals surface area contributed by atoms with Gasteiger partial charge in [-0.25, -0.2) is 4.79 Å². The van der Waals surface area contributed by atoms with Crippen LogP contribution in [-0.2, 0) is 27.2 Å². The van der Waals surface area contributed by atoms with Gasteiger partial charge in [0.1, 0.15) is 5.75 Å². The van der Waals surface area contributed by atoms with Crippen LogP contribution in [0.3, 0.4) is 0 Å². The van der Waals surface area contributed by atoms with Crippen molar-refractivity contribution in [3.63, 3.8) is 0 Å². The first-order valence-corrected chi connectivity index (χ1v) is 8.22. The van der Waals surface area contributed by atoms with Crippen LogP contribution in [0.5, 0.6) is 5.75 Å². The number of carbonyl (C=O) groups is 2. The highest BCUT2D eigenvalue weighted by Crippen LogP contribution is 2.14. The minimum absolute atomic E-state index is 0.0859. The monoisotopic (exact) mass is 358 g/mol. The number of ether oxygens (including phenoxy) is 2. The second-order valence-electron chi connectivity index (χ2n) is 5.62. The average Bonchev–Trinajstić information content (AvgIpc) is 2.66. The Bertz CT molecular complexity index is 704. The zero-order valence-corrected chi connectivity index (χ0v) is 14.6. The van der Waals surface area contributed by atoms with Gasteiger partial charge in [0.2, 0.25) is 0 Å². The Kier molecular flexibility index (Phi) is 7.57. The van der Waals surface area contributed by atoms with Gasteiger partial charge in [-0.3, -0.25) is 9.78 Å². The number of pyridine rings is 1. The number of hydrogen-bond acceptors (Lipinski definition) is 5. The van der Waals surface area contributed by atoms with Gasteiger partial charge in [0.05, 0.1) is 0 Å². The van der Waals surface area contributed by atoms with Gasteiger partial charge < -0.3 is 19.9 Å². The van der Waals surface area contributed by atoms with Gasteiger partial charge in [-0.15, -0.1) is 0 Å². The molecular weight excluding hydrogens is 336 g/mol. The summed E-state index contributed by atoms with van der Waals surface area (Å²) in [5, 5.41) is 11.8. The lowest BCUT2D eigenvalue weighted by molar-refractivity contribution is -0.148. The van der Waals surface area contributed by atoms with Crippen LogP contribution < -0.4 is 10.1 Å². The van der Waals surface area contributed by atoms with Gasteiger partial charge in [0.25, 0.3) is 5.91 Å². The van der Waals surface area contributed by atoms with E-state index >= 15 is 0 Å². The van der Waals surface area contributed by atoms with Crippen LogP contribution in [0.25, 0.3) is 0 Å². The largest absolute Gasteiger partial charge is 0.484 e. The molecule has 1 aromatic carbocycles. The van der Waals surface area contributed by atoms with Crippen LogP contribution in [0.4, 0.5) is 0 Å². The number of nitrogens with zero attached hydrogens (tertiary/aromatic N) is 1. The molecule has 0 saturated carbocycles. The van der Waals surface area contributed by atoms with E-state index in [-0.39, 0.29) is 18.9 Å². The topological polar surface area (TPSA) is 97.8 Å². The Morgan fingerprint density at radius 2 is 1.96 bits per heavy atom. The number of hydrogen-bond donors (Lipinski definition) is 2. The molecule has 1 aromatic heterocycles. The number of aromatic nitrogens is 1. The molecule has 0 unspecified atom stereocenters. The van der Waals surface area contributed by atoms with Crippen molar-refractivity contribution in [2.75, 3.05) is 20.3 Å². The summed E-state index contributed by atoms with van der Waals surface area (Å²) in [4.78, 5) is 26.9. The molecule has 1 heterocycles. The predicted octanol–water partition coefficient (Wildman–Crippen LogP) is 1.46. The fraction of sp³-hybridized carbons (Fsp3) is 0.316. The van der Waals surface area contributed by atoms with Crippen LogP contribution in [0, 0.1) is 0 Å². The number of amides is 1. The highest BCUT2D eigenvalue weighted by Gasteiger charge is 2.16. The zero-order chi connectivity index (χ0) is 18.8. The molecule has 0 aliphatic carbocycles. The van der Waals surface area contributed by atoms with Crippen LogP contribution >= 0.6 is 0 Å². The van der Waals surface area contributed by atoms with E-state index in [9.17, 15) is 9.59 Å². The first-order valence-electron chi connectivity index (χ1n) is 8.22. The molecule has 0 radical (unpaired) electrons. The van der Waals surface area contributed by atoms with E-state index in [0.29, 0.717) is 18.7 Å². The van der Waals surface area contributed by atoms with Crippen molar-refractivity contribution in [3.8, 4) is 5.75 Å². The van der Waals surface area contributed by atoms with Gasteiger partial charge in [-0.05, 0) is 29.8 Å². The second kappa shape index (κ2) is 10.1. The Labute approximate surface area is 152 Å². The molecule has 2 aromatic rings. The minimum atomic E-state index is -1.00. The molecule has 1 atom stereocenters. The van der Waals surface area contributed by atoms with Crippen molar-refractivity contribution in [2.45, 2.75) is 18.9 Å². The van der Waals surface area contributed by atoms with Crippen LogP contribution in [-0.4, -0.2) is 48.3 Å². The molecule has 0 aliphatic rings. The molecule has 7 heteroatoms. The maximum Gasteiger partial charge on any atom is 0.333 e. The highest BCUT2D eigenvalue weighted by atomic mass is 16.5. The van der Waals surface area contributed by atoms with Gasteiger partial charge in [-0.2, -0.15) is 0 Å². The fourth-order valence-electron chi connectivity index (χ4n) is 2.28. The van der Waals surface area contributed by atoms with E-state index in [2.05, 4.69) is 10.3 Å². The minimum Gasteiger partial charge on any atom is -0.484 e. The zero-order valence-electron chi connectivity index (χ0n) is 14.6. The molecule has 0 aliphatic heterocycles. The number of nitrogens with one attached hydrogen (secondary N) is 1. The predicted molar refractivity (Wildman–Crippen MR) is 95.0 cm³/mol. The first-order chi connectivity index (χ1) is 12.6. The highest BCUT2D eigenvalue weighted by molar-refractivity contribution is 5.77. The van der Waals surface area contributed by atoms with Crippen molar-refractivity contribution in [3.05, 3.63) is 59.9 Å². The van der Waals surface area contributed by atoms with E-state index in [4.69, 9.17) is 14.6 Å². The summed E-state index contributed by atoms with van der Waals surface area (Å²) in [5.74, 6) is -0.677. The van der Waals surface area contributed by atoms with Crippen molar-refractivity contribution < 1.29 is 24.2 Å². The lowest BCUT2D eigenvalue weighted by atomic mass is 10.1. The molecule has 0 spiro atoms. The molecule has 1 amide bonds. The normalized spacial score (nSPS) is 11.6. The van der Waals surface area contributed by atoms with Gasteiger partial charge in [0, 0.05) is 38.4 Å². The summed E-state index contributed by atoms with van der Waals surface area (Å²) in [6.07, 6.45) is 1.76. The standard InChI is InChI=1S/C19H22N2O5/c1-25-17(19(23)24)12-14-5-7-16(8-6-14)26-13-18(22)21-11-9-15-4-2-3-10-20-15/h2-8,10,17H,9,11-13H2,1H3,(H,21,22)(H,23,24)/t17-/m0/s1. The van der Waals surface area contributed by atoms with Crippen molar-refractivity contribution >= 4 is 11.9 Å². The lowest BCUT2D eigenvalue weighted by Crippen LogP contribution is -2.30. The fourth-order valence-corrected chi connectivity index (χ4v) is 2.28. The summed E-state index contributed by atoms with van der Waals surface area (Å²) >= 11 is 0. The molecule has 0 saturated heterocycles. The Morgan fingerprint density at radius 1 is 1.19 bits per heavy atom. The average molecular weight is 358 g/mol. The number of carbonyl (C=O) groups excluding carboxylic acids is 1. The Morgan fingerprint density at radius 3 is 2.58 bits per heavy atom. The van der Waals surface area contributed by atoms with Crippen molar-refractivity contribution in [1.29, 1.82) is 0 Å². The van der Waals surface area contributed by atoms with Crippen LogP contribution in [0.1, 0.15) is 11.3 Å². The van der Waals surface area contributed by atoms with Crippen molar-refractivity contribution in [1.82, 2.24) is 10.3 Å². The Hall–Kier alpha value is -2.93. The maximum absolute atomic E-state index is 11.8. The molecular formula is C19H22N2O5. The van der Waals surface area contributed by atoms with Crippen molar-refractivity contribution in [2.24, 2.45) is 0 Å². The molecule has 0 bridgehead atoms. The van der Waals surface area contributed by atoms with E-state index in [1.54, 1.807) is 30.5 Å². The van der Waals surface area contributed by atoms with Gasteiger partial charge in [-0.1, -0.05) is 18.2 Å². The number of rotatable bonds is 10. The summed E-state index contributed by atoms with van der Waals surface area (Å²) < 4.78 is 10.3. The molecule has 0 fully saturated rings. The molecule has 7 nitrogen and oxygen atoms in total. The lowest BCUT2D eigenvalue weighted by Gasteiger charge is -2.11. The van der Waals surface area contributed by atoms with Crippen LogP contribution in [0.15, 0.2) is 48.7 Å². The third-order valence-corrected chi connectivity index (χ3v) is 3.70. The summed E-state index contributed by atoms with van der Waals surface area (Å²) in [6.45, 7) is 0.406. The number of benzene rings is 1. The third kappa shape index (κ3) is 6.52. The van der Waals surface area contributed by atoms with E-state index in [0.717, 1.165) is 11.3 Å². The SMILES string of the molecule is CO[C@@H](Cc1ccc(OCC(=O)NCCc2ccccn2)cc1)C(=O)O. The Balaban J connectivity index is 1.71. The molecule has 2 N–H and O–H groups in total. The number of aliphatic carboxylic acids is 1. The smallest absolute Gasteiger partial charge is 0.333 e. The molecule has 2 rings (SSSR count). The van der Waals surface area contributed by atoms with Crippen LogP contribution in [0.2, 0.25) is 0 Å². The first kappa shape index (κ1) is 19.4. The van der Waals surface area contributed by atoms with Gasteiger partial charge in [0.15, 0.2) is 12.7 Å². The summed E-state index contributed by atoms with van der Waals surface area (Å²) in [5.41, 5.74) is 1.73. The second-order valence-corrected chi connectivity index (χ2v) is 5.62. The quantitative estimate of drug-likeness (QED) is 0.667. The number of carboxylic acid groups (broad SMARTS) is 1. The summed E-state index contributed by atoms with van der Waals surface area (Å²) in [6, 6.07) is 12.6. The van der Waals surface area contributed by atoms with E-state index in [1.807, 2.05) is 18.2 Å². The molecule has 26 heavy (non-hydrogen) atoms. The third-order valence-electron chi connectivity index (χ3n) is 3.70. The molecule has 138 valence electrons. The number of methoxy groups -OCH3 is 1. The van der Waals surface area contributed by atoms with E-state index in [1.165, 1.54) is 7.11 Å².